The van der Waals surface area contributed by atoms with E-state index in [-0.39, 0.29) is 5.41 Å². The predicted octanol–water partition coefficient (Wildman–Crippen LogP) is 3.60. The number of rotatable bonds is 4. The van der Waals surface area contributed by atoms with Crippen molar-refractivity contribution in [1.29, 1.82) is 0 Å². The van der Waals surface area contributed by atoms with E-state index >= 15 is 0 Å². The lowest BCUT2D eigenvalue weighted by atomic mass is 9.86. The summed E-state index contributed by atoms with van der Waals surface area (Å²) in [6, 6.07) is 7.57. The van der Waals surface area contributed by atoms with Crippen molar-refractivity contribution < 1.29 is 4.74 Å². The van der Waals surface area contributed by atoms with Crippen LogP contribution in [0, 0.1) is 0 Å². The van der Waals surface area contributed by atoms with E-state index in [1.807, 2.05) is 0 Å². The van der Waals surface area contributed by atoms with Crippen LogP contribution in [0.3, 0.4) is 0 Å². The molecule has 0 saturated carbocycles. The van der Waals surface area contributed by atoms with Crippen LogP contribution >= 0.6 is 0 Å². The number of benzene rings is 1. The fourth-order valence-corrected chi connectivity index (χ4v) is 4.17. The minimum absolute atomic E-state index is 0.152. The van der Waals surface area contributed by atoms with Crippen LogP contribution in [0.5, 0.6) is 5.75 Å². The topological polar surface area (TPSA) is 19.0 Å². The van der Waals surface area contributed by atoms with Crippen LogP contribution in [-0.2, 0) is 5.41 Å². The van der Waals surface area contributed by atoms with E-state index in [1.54, 1.807) is 0 Å². The summed E-state index contributed by atoms with van der Waals surface area (Å²) in [5.74, 6) is 1.05. The fourth-order valence-electron chi connectivity index (χ4n) is 4.17. The minimum Gasteiger partial charge on any atom is -0.492 e. The maximum atomic E-state index is 6.02. The van der Waals surface area contributed by atoms with Crippen LogP contribution in [-0.4, -0.2) is 68.8 Å². The summed E-state index contributed by atoms with van der Waals surface area (Å²) in [6.45, 7) is 16.7. The number of anilines is 1. The molecule has 0 aromatic heterocycles. The number of hydrogen-bond donors (Lipinski definition) is 0. The summed E-state index contributed by atoms with van der Waals surface area (Å²) in [6.07, 6.45) is 2.52. The molecule has 146 valence electrons. The SMILES string of the molecule is CCOc1cc(C(C)(C)C)ccc1N1CCC(N2CCN(C)CC2)CC1. The quantitative estimate of drug-likeness (QED) is 0.817. The van der Waals surface area contributed by atoms with Crippen LogP contribution in [0.15, 0.2) is 18.2 Å². The molecule has 2 fully saturated rings. The van der Waals surface area contributed by atoms with E-state index in [1.165, 1.54) is 50.3 Å². The van der Waals surface area contributed by atoms with Crippen molar-refractivity contribution in [2.75, 3.05) is 57.8 Å². The van der Waals surface area contributed by atoms with Gasteiger partial charge in [-0.2, -0.15) is 0 Å². The van der Waals surface area contributed by atoms with E-state index in [0.717, 1.165) is 31.5 Å². The minimum atomic E-state index is 0.152. The summed E-state index contributed by atoms with van der Waals surface area (Å²) in [5.41, 5.74) is 2.77. The highest BCUT2D eigenvalue weighted by Crippen LogP contribution is 2.35. The maximum absolute atomic E-state index is 6.02. The van der Waals surface area contributed by atoms with Gasteiger partial charge in [-0.15, -0.1) is 0 Å². The van der Waals surface area contributed by atoms with Gasteiger partial charge in [0.05, 0.1) is 12.3 Å². The molecule has 2 aliphatic rings. The molecule has 0 aliphatic carbocycles. The van der Waals surface area contributed by atoms with Crippen LogP contribution in [0.2, 0.25) is 0 Å². The van der Waals surface area contributed by atoms with Gasteiger partial charge in [0.15, 0.2) is 0 Å². The molecule has 4 heteroatoms. The molecule has 0 atom stereocenters. The third-order valence-corrected chi connectivity index (χ3v) is 5.99. The lowest BCUT2D eigenvalue weighted by Gasteiger charge is -2.42. The zero-order chi connectivity index (χ0) is 18.7. The van der Waals surface area contributed by atoms with Gasteiger partial charge < -0.3 is 14.5 Å². The fraction of sp³-hybridized carbons (Fsp3) is 0.727. The molecule has 0 N–H and O–H groups in total. The van der Waals surface area contributed by atoms with E-state index in [2.05, 4.69) is 67.6 Å². The van der Waals surface area contributed by atoms with Crippen molar-refractivity contribution in [3.05, 3.63) is 23.8 Å². The largest absolute Gasteiger partial charge is 0.492 e. The molecule has 4 nitrogen and oxygen atoms in total. The van der Waals surface area contributed by atoms with E-state index in [9.17, 15) is 0 Å². The highest BCUT2D eigenvalue weighted by atomic mass is 16.5. The molecule has 0 radical (unpaired) electrons. The first-order valence-corrected chi connectivity index (χ1v) is 10.3. The third-order valence-electron chi connectivity index (χ3n) is 5.99. The monoisotopic (exact) mass is 359 g/mol. The summed E-state index contributed by atoms with van der Waals surface area (Å²) >= 11 is 0. The highest BCUT2D eigenvalue weighted by molar-refractivity contribution is 5.60. The van der Waals surface area contributed by atoms with Gasteiger partial charge in [-0.25, -0.2) is 0 Å². The van der Waals surface area contributed by atoms with E-state index in [4.69, 9.17) is 4.74 Å². The number of nitrogens with zero attached hydrogens (tertiary/aromatic N) is 3. The molecule has 0 bridgehead atoms. The summed E-state index contributed by atoms with van der Waals surface area (Å²) < 4.78 is 6.02. The Morgan fingerprint density at radius 3 is 2.23 bits per heavy atom. The Hall–Kier alpha value is -1.26. The molecule has 2 saturated heterocycles. The van der Waals surface area contributed by atoms with Gasteiger partial charge in [0.1, 0.15) is 5.75 Å². The molecule has 2 aliphatic heterocycles. The Bertz CT molecular complexity index is 580. The number of piperazine rings is 1. The first-order valence-electron chi connectivity index (χ1n) is 10.3. The van der Waals surface area contributed by atoms with Crippen molar-refractivity contribution in [2.24, 2.45) is 0 Å². The molecular formula is C22H37N3O. The van der Waals surface area contributed by atoms with Crippen LogP contribution in [0.4, 0.5) is 5.69 Å². The Morgan fingerprint density at radius 1 is 1.00 bits per heavy atom. The first kappa shape index (κ1) is 19.5. The second-order valence-electron chi connectivity index (χ2n) is 8.92. The van der Waals surface area contributed by atoms with Crippen molar-refractivity contribution in [2.45, 2.75) is 52.0 Å². The molecule has 3 rings (SSSR count). The van der Waals surface area contributed by atoms with Gasteiger partial charge in [0, 0.05) is 45.3 Å². The summed E-state index contributed by atoms with van der Waals surface area (Å²) in [7, 11) is 2.23. The molecule has 2 heterocycles. The first-order chi connectivity index (χ1) is 12.4. The van der Waals surface area contributed by atoms with Crippen LogP contribution in [0.25, 0.3) is 0 Å². The normalized spacial score (nSPS) is 21.2. The third kappa shape index (κ3) is 4.52. The number of piperidine rings is 1. The maximum Gasteiger partial charge on any atom is 0.142 e. The van der Waals surface area contributed by atoms with Gasteiger partial charge in [0.2, 0.25) is 0 Å². The number of hydrogen-bond acceptors (Lipinski definition) is 4. The van der Waals surface area contributed by atoms with Crippen molar-refractivity contribution in [3.8, 4) is 5.75 Å². The molecular weight excluding hydrogens is 322 g/mol. The van der Waals surface area contributed by atoms with Crippen molar-refractivity contribution >= 4 is 5.69 Å². The van der Waals surface area contributed by atoms with Gasteiger partial charge >= 0.3 is 0 Å². The zero-order valence-electron chi connectivity index (χ0n) is 17.4. The smallest absolute Gasteiger partial charge is 0.142 e. The number of likely N-dealkylation sites (N-methyl/N-ethyl adjacent to an activating group) is 1. The second-order valence-corrected chi connectivity index (χ2v) is 8.92. The van der Waals surface area contributed by atoms with Crippen molar-refractivity contribution in [3.63, 3.8) is 0 Å². The Kier molecular flexibility index (Phi) is 6.13. The van der Waals surface area contributed by atoms with Gasteiger partial charge in [-0.3, -0.25) is 4.90 Å². The van der Waals surface area contributed by atoms with Gasteiger partial charge in [-0.1, -0.05) is 26.8 Å². The highest BCUT2D eigenvalue weighted by Gasteiger charge is 2.28. The molecule has 26 heavy (non-hydrogen) atoms. The Labute approximate surface area is 160 Å². The molecule has 1 aromatic rings. The van der Waals surface area contributed by atoms with Gasteiger partial charge in [0.25, 0.3) is 0 Å². The Balaban J connectivity index is 1.66. The average molecular weight is 360 g/mol. The molecule has 1 aromatic carbocycles. The molecule has 0 amide bonds. The van der Waals surface area contributed by atoms with Crippen LogP contribution in [0.1, 0.15) is 46.1 Å². The van der Waals surface area contributed by atoms with Gasteiger partial charge in [-0.05, 0) is 49.9 Å². The zero-order valence-corrected chi connectivity index (χ0v) is 17.4. The Morgan fingerprint density at radius 2 is 1.65 bits per heavy atom. The second kappa shape index (κ2) is 8.18. The van der Waals surface area contributed by atoms with Crippen LogP contribution < -0.4 is 9.64 Å². The van der Waals surface area contributed by atoms with Crippen molar-refractivity contribution in [1.82, 2.24) is 9.80 Å². The lowest BCUT2D eigenvalue weighted by Crippen LogP contribution is -2.52. The van der Waals surface area contributed by atoms with E-state index < -0.39 is 0 Å². The average Bonchev–Trinajstić information content (AvgIpc) is 2.62. The standard InChI is InChI=1S/C22H37N3O/c1-6-26-21-17-18(22(2,3)4)7-8-20(21)25-11-9-19(10-12-25)24-15-13-23(5)14-16-24/h7-8,17,19H,6,9-16H2,1-5H3. The summed E-state index contributed by atoms with van der Waals surface area (Å²) in [5, 5.41) is 0. The molecule has 0 unspecified atom stereocenters. The molecule has 0 spiro atoms. The number of ether oxygens (including phenoxy) is 1. The lowest BCUT2D eigenvalue weighted by molar-refractivity contribution is 0.0981. The van der Waals surface area contributed by atoms with E-state index in [0.29, 0.717) is 0 Å². The predicted molar refractivity (Wildman–Crippen MR) is 111 cm³/mol. The summed E-state index contributed by atoms with van der Waals surface area (Å²) in [4.78, 5) is 7.68.